The standard InChI is InChI=1S/C29H36N4O4S/c1-23-7-5-6-10-26(23)22-38(35,36)29-30-19-27(33(29)20-24-8-3-2-4-9-24)21-32(28(34)25-11-12-25)14-13-31-15-17-37-18-16-31/h2-10,19,25H,11-18,20-22H2,1H3. The average molecular weight is 537 g/mol. The molecule has 8 nitrogen and oxygen atoms in total. The van der Waals surface area contributed by atoms with Crippen molar-refractivity contribution in [1.29, 1.82) is 0 Å². The largest absolute Gasteiger partial charge is 0.379 e. The zero-order valence-electron chi connectivity index (χ0n) is 22.0. The number of morpholine rings is 1. The van der Waals surface area contributed by atoms with Crippen LogP contribution in [-0.4, -0.2) is 73.1 Å². The van der Waals surface area contributed by atoms with Crippen LogP contribution >= 0.6 is 0 Å². The first kappa shape index (κ1) is 26.6. The Balaban J connectivity index is 1.43. The lowest BCUT2D eigenvalue weighted by atomic mass is 10.1. The van der Waals surface area contributed by atoms with Crippen LogP contribution in [0.4, 0.5) is 0 Å². The molecule has 2 aliphatic rings. The van der Waals surface area contributed by atoms with E-state index in [-0.39, 0.29) is 22.7 Å². The molecule has 1 aliphatic heterocycles. The third-order valence-electron chi connectivity index (χ3n) is 7.35. The lowest BCUT2D eigenvalue weighted by Gasteiger charge is -2.30. The Bertz CT molecular complexity index is 1350. The van der Waals surface area contributed by atoms with Crippen LogP contribution in [0.15, 0.2) is 66.0 Å². The summed E-state index contributed by atoms with van der Waals surface area (Å²) >= 11 is 0. The highest BCUT2D eigenvalue weighted by molar-refractivity contribution is 7.90. The molecular formula is C29H36N4O4S. The fourth-order valence-corrected chi connectivity index (χ4v) is 6.47. The number of imidazole rings is 1. The van der Waals surface area contributed by atoms with E-state index in [0.717, 1.165) is 54.9 Å². The average Bonchev–Trinajstić information content (AvgIpc) is 3.70. The first-order valence-corrected chi connectivity index (χ1v) is 15.0. The van der Waals surface area contributed by atoms with Gasteiger partial charge in [0, 0.05) is 32.1 Å². The molecule has 0 atom stereocenters. The molecule has 1 saturated carbocycles. The van der Waals surface area contributed by atoms with E-state index in [9.17, 15) is 13.2 Å². The maximum Gasteiger partial charge on any atom is 0.228 e. The summed E-state index contributed by atoms with van der Waals surface area (Å²) in [6.07, 6.45) is 3.48. The number of aryl methyl sites for hydroxylation is 1. The first-order chi connectivity index (χ1) is 18.4. The third kappa shape index (κ3) is 6.51. The van der Waals surface area contributed by atoms with Crippen molar-refractivity contribution in [3.05, 3.63) is 83.2 Å². The van der Waals surface area contributed by atoms with Crippen molar-refractivity contribution < 1.29 is 17.9 Å². The molecule has 5 rings (SSSR count). The highest BCUT2D eigenvalue weighted by Crippen LogP contribution is 2.32. The predicted molar refractivity (Wildman–Crippen MR) is 145 cm³/mol. The third-order valence-corrected chi connectivity index (χ3v) is 8.92. The van der Waals surface area contributed by atoms with Crippen LogP contribution in [0.1, 0.15) is 35.2 Å². The molecule has 3 aromatic rings. The van der Waals surface area contributed by atoms with Crippen molar-refractivity contribution in [3.8, 4) is 0 Å². The minimum Gasteiger partial charge on any atom is -0.379 e. The molecule has 9 heteroatoms. The number of carbonyl (C=O) groups is 1. The molecule has 2 heterocycles. The molecule has 2 fully saturated rings. The number of ether oxygens (including phenoxy) is 1. The Morgan fingerprint density at radius 2 is 1.76 bits per heavy atom. The number of nitrogens with zero attached hydrogens (tertiary/aromatic N) is 4. The normalized spacial score (nSPS) is 16.4. The number of sulfone groups is 1. The SMILES string of the molecule is Cc1ccccc1CS(=O)(=O)c1ncc(CN(CCN2CCOCC2)C(=O)C2CC2)n1Cc1ccccc1. The summed E-state index contributed by atoms with van der Waals surface area (Å²) in [6, 6.07) is 17.3. The molecule has 0 bridgehead atoms. The van der Waals surface area contributed by atoms with E-state index in [4.69, 9.17) is 4.74 Å². The monoisotopic (exact) mass is 536 g/mol. The second-order valence-corrected chi connectivity index (χ2v) is 12.2. The number of hydrogen-bond donors (Lipinski definition) is 0. The molecule has 1 aromatic heterocycles. The topological polar surface area (TPSA) is 84.7 Å². The first-order valence-electron chi connectivity index (χ1n) is 13.4. The maximum absolute atomic E-state index is 13.7. The van der Waals surface area contributed by atoms with Gasteiger partial charge in [0.1, 0.15) is 0 Å². The van der Waals surface area contributed by atoms with Crippen molar-refractivity contribution in [3.63, 3.8) is 0 Å². The van der Waals surface area contributed by atoms with Gasteiger partial charge >= 0.3 is 0 Å². The predicted octanol–water partition coefficient (Wildman–Crippen LogP) is 3.28. The van der Waals surface area contributed by atoms with Crippen LogP contribution in [0, 0.1) is 12.8 Å². The minimum absolute atomic E-state index is 0.0478. The lowest BCUT2D eigenvalue weighted by Crippen LogP contribution is -2.43. The number of rotatable bonds is 11. The van der Waals surface area contributed by atoms with Gasteiger partial charge in [-0.15, -0.1) is 0 Å². The second kappa shape index (κ2) is 11.8. The Hall–Kier alpha value is -3.01. The van der Waals surface area contributed by atoms with Crippen molar-refractivity contribution in [2.45, 2.75) is 43.8 Å². The van der Waals surface area contributed by atoms with Gasteiger partial charge < -0.3 is 14.2 Å². The number of amides is 1. The van der Waals surface area contributed by atoms with E-state index in [0.29, 0.717) is 32.8 Å². The van der Waals surface area contributed by atoms with Gasteiger partial charge in [0.05, 0.1) is 43.9 Å². The maximum atomic E-state index is 13.7. The van der Waals surface area contributed by atoms with E-state index >= 15 is 0 Å². The minimum atomic E-state index is -3.73. The van der Waals surface area contributed by atoms with Crippen molar-refractivity contribution in [2.24, 2.45) is 5.92 Å². The van der Waals surface area contributed by atoms with Crippen LogP contribution < -0.4 is 0 Å². The smallest absolute Gasteiger partial charge is 0.228 e. The molecular weight excluding hydrogens is 500 g/mol. The van der Waals surface area contributed by atoms with E-state index in [2.05, 4.69) is 9.88 Å². The van der Waals surface area contributed by atoms with Crippen LogP contribution in [0.25, 0.3) is 0 Å². The summed E-state index contributed by atoms with van der Waals surface area (Å²) in [7, 11) is -3.73. The number of benzene rings is 2. The number of aromatic nitrogens is 2. The number of carbonyl (C=O) groups excluding carboxylic acids is 1. The summed E-state index contributed by atoms with van der Waals surface area (Å²) in [5.74, 6) is 0.108. The van der Waals surface area contributed by atoms with Gasteiger partial charge in [-0.2, -0.15) is 0 Å². The Labute approximate surface area is 225 Å². The van der Waals surface area contributed by atoms with Gasteiger partial charge in [-0.25, -0.2) is 13.4 Å². The fourth-order valence-electron chi connectivity index (χ4n) is 4.88. The molecule has 0 spiro atoms. The summed E-state index contributed by atoms with van der Waals surface area (Å²) in [5, 5.41) is 0.0478. The quantitative estimate of drug-likeness (QED) is 0.374. The zero-order chi connectivity index (χ0) is 26.5. The molecule has 1 amide bonds. The van der Waals surface area contributed by atoms with E-state index < -0.39 is 9.84 Å². The Morgan fingerprint density at radius 1 is 1.05 bits per heavy atom. The highest BCUT2D eigenvalue weighted by Gasteiger charge is 2.34. The Kier molecular flexibility index (Phi) is 8.26. The Morgan fingerprint density at radius 3 is 2.47 bits per heavy atom. The van der Waals surface area contributed by atoms with Gasteiger partial charge in [0.15, 0.2) is 0 Å². The van der Waals surface area contributed by atoms with Gasteiger partial charge in [-0.3, -0.25) is 9.69 Å². The van der Waals surface area contributed by atoms with E-state index in [1.807, 2.05) is 66.4 Å². The van der Waals surface area contributed by atoms with E-state index in [1.54, 1.807) is 10.8 Å². The van der Waals surface area contributed by atoms with Crippen molar-refractivity contribution in [1.82, 2.24) is 19.4 Å². The van der Waals surface area contributed by atoms with Gasteiger partial charge in [0.25, 0.3) is 0 Å². The molecule has 1 aliphatic carbocycles. The molecule has 38 heavy (non-hydrogen) atoms. The van der Waals surface area contributed by atoms with Crippen LogP contribution in [-0.2, 0) is 38.2 Å². The van der Waals surface area contributed by atoms with Crippen LogP contribution in [0.3, 0.4) is 0 Å². The van der Waals surface area contributed by atoms with E-state index in [1.165, 1.54) is 0 Å². The molecule has 2 aromatic carbocycles. The van der Waals surface area contributed by atoms with Gasteiger partial charge in [-0.1, -0.05) is 54.6 Å². The summed E-state index contributed by atoms with van der Waals surface area (Å²) in [5.41, 5.74) is 3.40. The fraction of sp³-hybridized carbons (Fsp3) is 0.448. The van der Waals surface area contributed by atoms with Crippen molar-refractivity contribution >= 4 is 15.7 Å². The summed E-state index contributed by atoms with van der Waals surface area (Å²) in [6.45, 7) is 7.13. The second-order valence-electron chi connectivity index (χ2n) is 10.3. The zero-order valence-corrected chi connectivity index (χ0v) is 22.8. The molecule has 0 unspecified atom stereocenters. The molecule has 0 radical (unpaired) electrons. The molecule has 0 N–H and O–H groups in total. The lowest BCUT2D eigenvalue weighted by molar-refractivity contribution is -0.133. The summed E-state index contributed by atoms with van der Waals surface area (Å²) < 4.78 is 34.6. The van der Waals surface area contributed by atoms with Crippen LogP contribution in [0.2, 0.25) is 0 Å². The summed E-state index contributed by atoms with van der Waals surface area (Å²) in [4.78, 5) is 21.9. The van der Waals surface area contributed by atoms with Gasteiger partial charge in [0.2, 0.25) is 20.9 Å². The molecule has 202 valence electrons. The van der Waals surface area contributed by atoms with Gasteiger partial charge in [-0.05, 0) is 36.5 Å². The van der Waals surface area contributed by atoms with Crippen LogP contribution in [0.5, 0.6) is 0 Å². The highest BCUT2D eigenvalue weighted by atomic mass is 32.2. The number of hydrogen-bond acceptors (Lipinski definition) is 6. The van der Waals surface area contributed by atoms with Crippen molar-refractivity contribution in [2.75, 3.05) is 39.4 Å². The molecule has 1 saturated heterocycles.